The van der Waals surface area contributed by atoms with Crippen LogP contribution in [-0.4, -0.2) is 31.6 Å². The van der Waals surface area contributed by atoms with Crippen molar-refractivity contribution in [2.75, 3.05) is 20.6 Å². The molecule has 0 amide bonds. The minimum atomic E-state index is 0.276. The lowest BCUT2D eigenvalue weighted by Crippen LogP contribution is -2.35. The fourth-order valence-corrected chi connectivity index (χ4v) is 2.78. The summed E-state index contributed by atoms with van der Waals surface area (Å²) in [7, 11) is 4.22. The van der Waals surface area contributed by atoms with Crippen molar-refractivity contribution in [2.45, 2.75) is 45.7 Å². The fourth-order valence-electron chi connectivity index (χ4n) is 1.76. The van der Waals surface area contributed by atoms with Crippen LogP contribution in [0.2, 0.25) is 0 Å². The van der Waals surface area contributed by atoms with Gasteiger partial charge in [-0.2, -0.15) is 0 Å². The van der Waals surface area contributed by atoms with E-state index in [0.29, 0.717) is 6.04 Å². The van der Waals surface area contributed by atoms with Crippen molar-refractivity contribution in [1.29, 1.82) is 0 Å². The van der Waals surface area contributed by atoms with Gasteiger partial charge in [-0.3, -0.25) is 0 Å². The van der Waals surface area contributed by atoms with Crippen molar-refractivity contribution in [3.05, 3.63) is 21.9 Å². The van der Waals surface area contributed by atoms with E-state index in [-0.39, 0.29) is 5.41 Å². The first-order chi connectivity index (χ1) is 7.79. The molecule has 0 saturated heterocycles. The summed E-state index contributed by atoms with van der Waals surface area (Å²) in [6, 6.07) is 5.05. The Bertz CT molecular complexity index is 336. The third-order valence-electron chi connectivity index (χ3n) is 2.66. The van der Waals surface area contributed by atoms with Gasteiger partial charge in [0.15, 0.2) is 0 Å². The molecular weight excluding hydrogens is 228 g/mol. The summed E-state index contributed by atoms with van der Waals surface area (Å²) in [6.45, 7) is 11.1. The quantitative estimate of drug-likeness (QED) is 0.868. The zero-order valence-electron chi connectivity index (χ0n) is 12.0. The molecule has 1 unspecified atom stereocenters. The molecule has 17 heavy (non-hydrogen) atoms. The number of nitrogens with zero attached hydrogens (tertiary/aromatic N) is 1. The van der Waals surface area contributed by atoms with E-state index in [0.717, 1.165) is 13.1 Å². The van der Waals surface area contributed by atoms with E-state index in [9.17, 15) is 0 Å². The lowest BCUT2D eigenvalue weighted by atomic mass is 9.95. The number of hydrogen-bond donors (Lipinski definition) is 1. The van der Waals surface area contributed by atoms with Gasteiger partial charge in [0.2, 0.25) is 0 Å². The first-order valence-electron chi connectivity index (χ1n) is 6.26. The molecule has 0 aliphatic carbocycles. The van der Waals surface area contributed by atoms with Gasteiger partial charge in [0.25, 0.3) is 0 Å². The molecule has 1 atom stereocenters. The normalized spacial score (nSPS) is 14.3. The molecule has 0 spiro atoms. The predicted octanol–water partition coefficient (Wildman–Crippen LogP) is 3.09. The number of nitrogens with one attached hydrogen (secondary N) is 1. The van der Waals surface area contributed by atoms with E-state index in [1.54, 1.807) is 0 Å². The first kappa shape index (κ1) is 14.7. The SMILES string of the molecule is CC(CN(C)C)NCc1ccc(C(C)(C)C)s1. The van der Waals surface area contributed by atoms with Gasteiger partial charge in [-0.05, 0) is 38.6 Å². The van der Waals surface area contributed by atoms with Crippen molar-refractivity contribution < 1.29 is 0 Å². The summed E-state index contributed by atoms with van der Waals surface area (Å²) < 4.78 is 0. The average Bonchev–Trinajstić information content (AvgIpc) is 2.61. The summed E-state index contributed by atoms with van der Waals surface area (Å²) in [5.41, 5.74) is 0.276. The largest absolute Gasteiger partial charge is 0.308 e. The second kappa shape index (κ2) is 5.98. The Labute approximate surface area is 110 Å². The highest BCUT2D eigenvalue weighted by molar-refractivity contribution is 7.12. The summed E-state index contributed by atoms with van der Waals surface area (Å²) in [6.07, 6.45) is 0. The summed E-state index contributed by atoms with van der Waals surface area (Å²) in [4.78, 5) is 5.11. The van der Waals surface area contributed by atoms with Gasteiger partial charge in [0.05, 0.1) is 0 Å². The van der Waals surface area contributed by atoms with Crippen LogP contribution >= 0.6 is 11.3 Å². The van der Waals surface area contributed by atoms with Gasteiger partial charge >= 0.3 is 0 Å². The van der Waals surface area contributed by atoms with Crippen LogP contribution in [0, 0.1) is 0 Å². The number of thiophene rings is 1. The topological polar surface area (TPSA) is 15.3 Å². The van der Waals surface area contributed by atoms with E-state index < -0.39 is 0 Å². The molecule has 0 aliphatic rings. The van der Waals surface area contributed by atoms with Crippen molar-refractivity contribution >= 4 is 11.3 Å². The molecule has 1 heterocycles. The second-order valence-corrected chi connectivity index (χ2v) is 7.23. The molecular formula is C14H26N2S. The fraction of sp³-hybridized carbons (Fsp3) is 0.714. The molecule has 0 saturated carbocycles. The van der Waals surface area contributed by atoms with E-state index >= 15 is 0 Å². The molecule has 0 bridgehead atoms. The smallest absolute Gasteiger partial charge is 0.0302 e. The Balaban J connectivity index is 2.45. The Hall–Kier alpha value is -0.380. The number of rotatable bonds is 5. The Morgan fingerprint density at radius 3 is 2.41 bits per heavy atom. The van der Waals surface area contributed by atoms with E-state index in [1.807, 2.05) is 11.3 Å². The average molecular weight is 254 g/mol. The van der Waals surface area contributed by atoms with Crippen molar-refractivity contribution in [3.63, 3.8) is 0 Å². The second-order valence-electron chi connectivity index (χ2n) is 6.06. The van der Waals surface area contributed by atoms with Crippen LogP contribution in [0.15, 0.2) is 12.1 Å². The summed E-state index contributed by atoms with van der Waals surface area (Å²) in [5, 5.41) is 3.56. The highest BCUT2D eigenvalue weighted by Gasteiger charge is 2.16. The molecule has 0 aliphatic heterocycles. The monoisotopic (exact) mass is 254 g/mol. The maximum Gasteiger partial charge on any atom is 0.0302 e. The Kier molecular flexibility index (Phi) is 5.17. The number of likely N-dealkylation sites (N-methyl/N-ethyl adjacent to an activating group) is 1. The minimum Gasteiger partial charge on any atom is -0.308 e. The van der Waals surface area contributed by atoms with E-state index in [2.05, 4.69) is 64.1 Å². The van der Waals surface area contributed by atoms with Crippen LogP contribution in [0.25, 0.3) is 0 Å². The third kappa shape index (κ3) is 5.19. The zero-order chi connectivity index (χ0) is 13.1. The van der Waals surface area contributed by atoms with Gasteiger partial charge in [0.1, 0.15) is 0 Å². The number of hydrogen-bond acceptors (Lipinski definition) is 3. The van der Waals surface area contributed by atoms with Gasteiger partial charge in [-0.25, -0.2) is 0 Å². The van der Waals surface area contributed by atoms with Crippen molar-refractivity contribution in [1.82, 2.24) is 10.2 Å². The molecule has 1 rings (SSSR count). The molecule has 98 valence electrons. The molecule has 1 aromatic rings. The van der Waals surface area contributed by atoms with Crippen LogP contribution < -0.4 is 5.32 Å². The van der Waals surface area contributed by atoms with Crippen LogP contribution in [0.1, 0.15) is 37.4 Å². The molecule has 1 aromatic heterocycles. The van der Waals surface area contributed by atoms with Gasteiger partial charge < -0.3 is 10.2 Å². The first-order valence-corrected chi connectivity index (χ1v) is 7.08. The zero-order valence-corrected chi connectivity index (χ0v) is 12.8. The minimum absolute atomic E-state index is 0.276. The van der Waals surface area contributed by atoms with Gasteiger partial charge in [-0.15, -0.1) is 11.3 Å². The van der Waals surface area contributed by atoms with Crippen LogP contribution in [0.5, 0.6) is 0 Å². The molecule has 2 nitrogen and oxygen atoms in total. The highest BCUT2D eigenvalue weighted by Crippen LogP contribution is 2.29. The molecule has 3 heteroatoms. The third-order valence-corrected chi connectivity index (χ3v) is 4.18. The van der Waals surface area contributed by atoms with Gasteiger partial charge in [-0.1, -0.05) is 20.8 Å². The lowest BCUT2D eigenvalue weighted by molar-refractivity contribution is 0.349. The van der Waals surface area contributed by atoms with Crippen molar-refractivity contribution in [3.8, 4) is 0 Å². The molecule has 0 fully saturated rings. The van der Waals surface area contributed by atoms with Crippen LogP contribution in [0.3, 0.4) is 0 Å². The lowest BCUT2D eigenvalue weighted by Gasteiger charge is -2.18. The van der Waals surface area contributed by atoms with Crippen LogP contribution in [0.4, 0.5) is 0 Å². The maximum absolute atomic E-state index is 3.56. The molecule has 0 aromatic carbocycles. The highest BCUT2D eigenvalue weighted by atomic mass is 32.1. The van der Waals surface area contributed by atoms with Crippen LogP contribution in [-0.2, 0) is 12.0 Å². The Morgan fingerprint density at radius 2 is 1.94 bits per heavy atom. The maximum atomic E-state index is 3.56. The van der Waals surface area contributed by atoms with Gasteiger partial charge in [0, 0.05) is 28.9 Å². The molecule has 0 radical (unpaired) electrons. The summed E-state index contributed by atoms with van der Waals surface area (Å²) in [5.74, 6) is 0. The Morgan fingerprint density at radius 1 is 1.29 bits per heavy atom. The van der Waals surface area contributed by atoms with E-state index in [4.69, 9.17) is 0 Å². The standard InChI is InChI=1S/C14H26N2S/c1-11(10-16(5)6)15-9-12-7-8-13(17-12)14(2,3)4/h7-8,11,15H,9-10H2,1-6H3. The van der Waals surface area contributed by atoms with E-state index in [1.165, 1.54) is 9.75 Å². The molecule has 1 N–H and O–H groups in total. The predicted molar refractivity (Wildman–Crippen MR) is 77.9 cm³/mol. The van der Waals surface area contributed by atoms with Crippen molar-refractivity contribution in [2.24, 2.45) is 0 Å². The summed E-state index contributed by atoms with van der Waals surface area (Å²) >= 11 is 1.92.